The van der Waals surface area contributed by atoms with Crippen molar-refractivity contribution in [2.45, 2.75) is 20.8 Å². The van der Waals surface area contributed by atoms with Crippen LogP contribution in [-0.2, 0) is 4.79 Å². The van der Waals surface area contributed by atoms with E-state index in [2.05, 4.69) is 15.6 Å². The number of nitrogens with one attached hydrogen (secondary N) is 2. The summed E-state index contributed by atoms with van der Waals surface area (Å²) in [6, 6.07) is 3.34. The van der Waals surface area contributed by atoms with Crippen LogP contribution in [0.4, 0.5) is 5.82 Å². The lowest BCUT2D eigenvalue weighted by Gasteiger charge is -2.20. The van der Waals surface area contributed by atoms with Gasteiger partial charge in [0.15, 0.2) is 0 Å². The van der Waals surface area contributed by atoms with Crippen LogP contribution < -0.4 is 16.4 Å². The van der Waals surface area contributed by atoms with Crippen molar-refractivity contribution in [1.29, 1.82) is 0 Å². The number of carbonyl (C=O) groups is 2. The first-order chi connectivity index (χ1) is 8.76. The molecule has 1 aromatic rings. The fourth-order valence-electron chi connectivity index (χ4n) is 1.42. The fourth-order valence-corrected chi connectivity index (χ4v) is 1.42. The van der Waals surface area contributed by atoms with Gasteiger partial charge in [-0.3, -0.25) is 9.59 Å². The number of rotatable bonds is 5. The largest absolute Gasteiger partial charge is 0.373 e. The Labute approximate surface area is 112 Å². The molecule has 4 N–H and O–H groups in total. The van der Waals surface area contributed by atoms with Gasteiger partial charge in [-0.2, -0.15) is 0 Å². The molecule has 6 nitrogen and oxygen atoms in total. The van der Waals surface area contributed by atoms with Crippen molar-refractivity contribution in [1.82, 2.24) is 10.3 Å². The highest BCUT2D eigenvalue weighted by Crippen LogP contribution is 2.13. The third-order valence-corrected chi connectivity index (χ3v) is 2.83. The van der Waals surface area contributed by atoms with Crippen molar-refractivity contribution < 1.29 is 9.59 Å². The van der Waals surface area contributed by atoms with E-state index in [0.29, 0.717) is 11.4 Å². The van der Waals surface area contributed by atoms with Gasteiger partial charge in [0.2, 0.25) is 5.91 Å². The lowest BCUT2D eigenvalue weighted by Crippen LogP contribution is -2.42. The van der Waals surface area contributed by atoms with Crippen molar-refractivity contribution in [3.05, 3.63) is 23.4 Å². The van der Waals surface area contributed by atoms with Crippen LogP contribution in [0.2, 0.25) is 0 Å². The lowest BCUT2D eigenvalue weighted by atomic mass is 9.92. The number of amides is 2. The Kier molecular flexibility index (Phi) is 4.47. The summed E-state index contributed by atoms with van der Waals surface area (Å²) in [5, 5.41) is 5.59. The highest BCUT2D eigenvalue weighted by molar-refractivity contribution is 5.95. The highest BCUT2D eigenvalue weighted by atomic mass is 16.2. The van der Waals surface area contributed by atoms with Crippen LogP contribution in [0.5, 0.6) is 0 Å². The lowest BCUT2D eigenvalue weighted by molar-refractivity contribution is -0.125. The van der Waals surface area contributed by atoms with Crippen LogP contribution in [0, 0.1) is 12.3 Å². The molecule has 0 saturated carbocycles. The van der Waals surface area contributed by atoms with E-state index in [0.717, 1.165) is 5.69 Å². The summed E-state index contributed by atoms with van der Waals surface area (Å²) >= 11 is 0. The van der Waals surface area contributed by atoms with Crippen molar-refractivity contribution in [3.63, 3.8) is 0 Å². The van der Waals surface area contributed by atoms with Crippen LogP contribution in [-0.4, -0.2) is 30.4 Å². The molecule has 1 aromatic heterocycles. The molecule has 1 heterocycles. The Morgan fingerprint density at radius 3 is 2.53 bits per heavy atom. The smallest absolute Gasteiger partial charge is 0.251 e. The minimum absolute atomic E-state index is 0.192. The van der Waals surface area contributed by atoms with Crippen LogP contribution in [0.25, 0.3) is 0 Å². The number of pyridine rings is 1. The van der Waals surface area contributed by atoms with Crippen LogP contribution in [0.15, 0.2) is 12.1 Å². The Hall–Kier alpha value is -2.11. The van der Waals surface area contributed by atoms with Crippen molar-refractivity contribution in [2.24, 2.45) is 11.1 Å². The Morgan fingerprint density at radius 2 is 2.00 bits per heavy atom. The fraction of sp³-hybridized carbons (Fsp3) is 0.462. The van der Waals surface area contributed by atoms with Crippen molar-refractivity contribution in [2.75, 3.05) is 18.9 Å². The number of nitrogens with two attached hydrogens (primary N) is 1. The van der Waals surface area contributed by atoms with E-state index in [9.17, 15) is 9.59 Å². The molecule has 1 rings (SSSR count). The molecule has 19 heavy (non-hydrogen) atoms. The molecule has 0 aliphatic carbocycles. The van der Waals surface area contributed by atoms with E-state index < -0.39 is 11.3 Å². The van der Waals surface area contributed by atoms with Crippen molar-refractivity contribution in [3.8, 4) is 0 Å². The summed E-state index contributed by atoms with van der Waals surface area (Å²) in [5.74, 6) is -0.0785. The number of carbonyl (C=O) groups excluding carboxylic acids is 2. The van der Waals surface area contributed by atoms with Gasteiger partial charge in [0, 0.05) is 24.8 Å². The number of hydrogen-bond acceptors (Lipinski definition) is 4. The van der Waals surface area contributed by atoms with Gasteiger partial charge < -0.3 is 16.4 Å². The molecule has 0 atom stereocenters. The molecular formula is C13H20N4O2. The molecular weight excluding hydrogens is 244 g/mol. The van der Waals surface area contributed by atoms with E-state index in [-0.39, 0.29) is 12.5 Å². The quantitative estimate of drug-likeness (QED) is 0.728. The first-order valence-corrected chi connectivity index (χ1v) is 6.01. The zero-order valence-electron chi connectivity index (χ0n) is 11.7. The first-order valence-electron chi connectivity index (χ1n) is 6.01. The summed E-state index contributed by atoms with van der Waals surface area (Å²) in [4.78, 5) is 27.4. The summed E-state index contributed by atoms with van der Waals surface area (Å²) in [5.41, 5.74) is 5.72. The maximum Gasteiger partial charge on any atom is 0.251 e. The van der Waals surface area contributed by atoms with E-state index in [4.69, 9.17) is 5.73 Å². The molecule has 0 spiro atoms. The van der Waals surface area contributed by atoms with Gasteiger partial charge >= 0.3 is 0 Å². The predicted octanol–water partition coefficient (Wildman–Crippen LogP) is 0.673. The van der Waals surface area contributed by atoms with Crippen LogP contribution >= 0.6 is 0 Å². The molecule has 6 heteroatoms. The second-order valence-electron chi connectivity index (χ2n) is 5.06. The summed E-state index contributed by atoms with van der Waals surface area (Å²) in [6.07, 6.45) is 0. The predicted molar refractivity (Wildman–Crippen MR) is 73.8 cm³/mol. The third-order valence-electron chi connectivity index (χ3n) is 2.83. The van der Waals surface area contributed by atoms with Gasteiger partial charge in [0.05, 0.1) is 5.41 Å². The van der Waals surface area contributed by atoms with Crippen LogP contribution in [0.3, 0.4) is 0 Å². The third kappa shape index (κ3) is 3.94. The number of anilines is 1. The van der Waals surface area contributed by atoms with Gasteiger partial charge in [0.1, 0.15) is 5.82 Å². The summed E-state index contributed by atoms with van der Waals surface area (Å²) in [6.45, 7) is 5.38. The Bertz CT molecular complexity index is 497. The minimum Gasteiger partial charge on any atom is -0.373 e. The zero-order valence-corrected chi connectivity index (χ0v) is 11.7. The van der Waals surface area contributed by atoms with Gasteiger partial charge in [-0.25, -0.2) is 4.98 Å². The van der Waals surface area contributed by atoms with Gasteiger partial charge in [-0.05, 0) is 32.9 Å². The number of primary amides is 1. The average molecular weight is 264 g/mol. The van der Waals surface area contributed by atoms with Gasteiger partial charge in [0.25, 0.3) is 5.91 Å². The number of aromatic nitrogens is 1. The molecule has 0 aliphatic heterocycles. The molecule has 104 valence electrons. The monoisotopic (exact) mass is 264 g/mol. The van der Waals surface area contributed by atoms with Gasteiger partial charge in [-0.1, -0.05) is 0 Å². The normalized spacial score (nSPS) is 10.9. The molecule has 0 bridgehead atoms. The van der Waals surface area contributed by atoms with E-state index in [1.807, 2.05) is 6.92 Å². The Morgan fingerprint density at radius 1 is 1.37 bits per heavy atom. The second kappa shape index (κ2) is 5.69. The topological polar surface area (TPSA) is 97.1 Å². The van der Waals surface area contributed by atoms with Crippen molar-refractivity contribution >= 4 is 17.6 Å². The zero-order chi connectivity index (χ0) is 14.6. The SMILES string of the molecule is CNc1cc(C(=O)NCC(C)(C)C(N)=O)cc(C)n1. The van der Waals surface area contributed by atoms with E-state index in [1.165, 1.54) is 0 Å². The molecule has 0 fully saturated rings. The maximum absolute atomic E-state index is 12.0. The minimum atomic E-state index is -0.774. The molecule has 0 unspecified atom stereocenters. The summed E-state index contributed by atoms with van der Waals surface area (Å²) < 4.78 is 0. The number of hydrogen-bond donors (Lipinski definition) is 3. The van der Waals surface area contributed by atoms with E-state index >= 15 is 0 Å². The summed E-state index contributed by atoms with van der Waals surface area (Å²) in [7, 11) is 1.74. The first kappa shape index (κ1) is 14.9. The molecule has 0 aliphatic rings. The standard InChI is InChI=1S/C13H20N4O2/c1-8-5-9(6-10(15-4)17-8)11(18)16-7-13(2,3)12(14)19/h5-6H,7H2,1-4H3,(H2,14,19)(H,15,17)(H,16,18). The van der Waals surface area contributed by atoms with Gasteiger partial charge in [-0.15, -0.1) is 0 Å². The maximum atomic E-state index is 12.0. The molecule has 2 amide bonds. The Balaban J connectivity index is 2.79. The molecule has 0 radical (unpaired) electrons. The van der Waals surface area contributed by atoms with E-state index in [1.54, 1.807) is 33.0 Å². The second-order valence-corrected chi connectivity index (χ2v) is 5.06. The highest BCUT2D eigenvalue weighted by Gasteiger charge is 2.25. The van der Waals surface area contributed by atoms with Crippen LogP contribution in [0.1, 0.15) is 29.9 Å². The number of nitrogens with zero attached hydrogens (tertiary/aromatic N) is 1. The molecule has 0 aromatic carbocycles. The average Bonchev–Trinajstić information content (AvgIpc) is 2.34. The molecule has 0 saturated heterocycles. The number of aryl methyl sites for hydroxylation is 1.